The zero-order valence-electron chi connectivity index (χ0n) is 20.6. The first-order valence-corrected chi connectivity index (χ1v) is 12.0. The number of nitrogens with one attached hydrogen (secondary N) is 2. The Balaban J connectivity index is 1.62. The summed E-state index contributed by atoms with van der Waals surface area (Å²) < 4.78 is 2.03. The van der Waals surface area contributed by atoms with Gasteiger partial charge in [0.15, 0.2) is 0 Å². The number of H-pyrrole nitrogens is 1. The molecule has 2 rings (SSSR count). The van der Waals surface area contributed by atoms with E-state index in [9.17, 15) is 9.90 Å². The van der Waals surface area contributed by atoms with Crippen LogP contribution in [0.3, 0.4) is 0 Å². The molecule has 0 aliphatic heterocycles. The van der Waals surface area contributed by atoms with Gasteiger partial charge in [0.25, 0.3) is 0 Å². The van der Waals surface area contributed by atoms with Crippen molar-refractivity contribution in [1.82, 2.24) is 10.3 Å². The summed E-state index contributed by atoms with van der Waals surface area (Å²) in [5, 5.41) is 14.3. The van der Waals surface area contributed by atoms with Crippen molar-refractivity contribution >= 4 is 16.8 Å². The fourth-order valence-corrected chi connectivity index (χ4v) is 4.27. The molecule has 7 nitrogen and oxygen atoms in total. The molecular formula is C25H45N5O2+2. The zero-order chi connectivity index (χ0) is 23.6. The minimum atomic E-state index is -1.03. The Bertz CT molecular complexity index is 831. The zero-order valence-corrected chi connectivity index (χ0v) is 20.6. The largest absolute Gasteiger partial charge is 0.383 e. The van der Waals surface area contributed by atoms with Crippen molar-refractivity contribution in [3.63, 3.8) is 0 Å². The fraction of sp³-hybridized carbons (Fsp3) is 0.640. The number of nitrogens with zero attached hydrogens (tertiary/aromatic N) is 2. The smallest absolute Gasteiger partial charge is 0.249 e. The highest BCUT2D eigenvalue weighted by atomic mass is 16.3. The first-order chi connectivity index (χ1) is 15.1. The molecular weight excluding hydrogens is 402 g/mol. The molecule has 0 bridgehead atoms. The summed E-state index contributed by atoms with van der Waals surface area (Å²) in [5.74, 6) is -0.290. The van der Waals surface area contributed by atoms with Gasteiger partial charge in [0, 0.05) is 42.9 Å². The highest BCUT2D eigenvalue weighted by Crippen LogP contribution is 2.19. The molecule has 0 aliphatic rings. The Kier molecular flexibility index (Phi) is 10.2. The molecule has 0 radical (unpaired) electrons. The van der Waals surface area contributed by atoms with E-state index >= 15 is 0 Å². The Morgan fingerprint density at radius 1 is 1.00 bits per heavy atom. The highest BCUT2D eigenvalue weighted by Gasteiger charge is 2.20. The van der Waals surface area contributed by atoms with E-state index in [1.54, 1.807) is 0 Å². The van der Waals surface area contributed by atoms with Gasteiger partial charge in [-0.3, -0.25) is 4.79 Å². The standard InChI is InChI=1S/C25H44N5O2/c1-29(2,17-10-18-30(3,4)16-9-13-26)15-8-7-14-27-25(32)24(31)19-21-20-28-23-12-6-5-11-22(21)23/h5-6,11-12,20,24,28,31H,7-10,13-19,26H2,1-4H3/q+1/p+1/t24-/m0/s1. The lowest BCUT2D eigenvalue weighted by atomic mass is 10.1. The lowest BCUT2D eigenvalue weighted by Gasteiger charge is -2.33. The average Bonchev–Trinajstić information content (AvgIpc) is 3.14. The third-order valence-corrected chi connectivity index (χ3v) is 6.37. The number of fused-ring (bicyclic) bond motifs is 1. The van der Waals surface area contributed by atoms with E-state index in [1.807, 2.05) is 30.5 Å². The predicted molar refractivity (Wildman–Crippen MR) is 132 cm³/mol. The van der Waals surface area contributed by atoms with Crippen LogP contribution >= 0.6 is 0 Å². The molecule has 0 unspecified atom stereocenters. The quantitative estimate of drug-likeness (QED) is 0.248. The summed E-state index contributed by atoms with van der Waals surface area (Å²) in [6.45, 7) is 5.92. The molecule has 0 saturated heterocycles. The van der Waals surface area contributed by atoms with Gasteiger partial charge in [-0.05, 0) is 31.0 Å². The molecule has 0 spiro atoms. The van der Waals surface area contributed by atoms with Gasteiger partial charge in [-0.15, -0.1) is 0 Å². The van der Waals surface area contributed by atoms with Crippen LogP contribution in [0, 0.1) is 0 Å². The van der Waals surface area contributed by atoms with E-state index < -0.39 is 6.10 Å². The fourth-order valence-electron chi connectivity index (χ4n) is 4.27. The maximum absolute atomic E-state index is 12.3. The number of nitrogens with two attached hydrogens (primary N) is 1. The summed E-state index contributed by atoms with van der Waals surface area (Å²) in [4.78, 5) is 15.5. The van der Waals surface area contributed by atoms with E-state index in [-0.39, 0.29) is 5.91 Å². The lowest BCUT2D eigenvalue weighted by Crippen LogP contribution is -2.46. The minimum absolute atomic E-state index is 0.290. The summed E-state index contributed by atoms with van der Waals surface area (Å²) in [6.07, 6.45) is 5.42. The van der Waals surface area contributed by atoms with Crippen LogP contribution in [0.1, 0.15) is 31.2 Å². The van der Waals surface area contributed by atoms with Gasteiger partial charge in [-0.1, -0.05) is 18.2 Å². The van der Waals surface area contributed by atoms with Crippen molar-refractivity contribution in [1.29, 1.82) is 0 Å². The van der Waals surface area contributed by atoms with E-state index in [1.165, 1.54) is 13.0 Å². The number of hydrogen-bond donors (Lipinski definition) is 4. The second-order valence-corrected chi connectivity index (χ2v) is 10.3. The molecule has 0 aliphatic carbocycles. The number of aromatic nitrogens is 1. The molecule has 1 atom stereocenters. The van der Waals surface area contributed by atoms with Gasteiger partial charge < -0.3 is 30.1 Å². The van der Waals surface area contributed by atoms with Crippen LogP contribution in [0.25, 0.3) is 10.9 Å². The van der Waals surface area contributed by atoms with Crippen LogP contribution in [0.4, 0.5) is 0 Å². The van der Waals surface area contributed by atoms with Crippen LogP contribution < -0.4 is 11.1 Å². The number of aliphatic hydroxyl groups is 1. The number of para-hydroxylation sites is 1. The van der Waals surface area contributed by atoms with Gasteiger partial charge in [0.2, 0.25) is 5.91 Å². The number of quaternary nitrogens is 2. The maximum Gasteiger partial charge on any atom is 0.249 e. The van der Waals surface area contributed by atoms with Crippen molar-refractivity contribution in [2.24, 2.45) is 5.73 Å². The highest BCUT2D eigenvalue weighted by molar-refractivity contribution is 5.85. The number of carbonyl (C=O) groups is 1. The Hall–Kier alpha value is -1.93. The van der Waals surface area contributed by atoms with E-state index in [0.717, 1.165) is 70.9 Å². The number of aromatic amines is 1. The molecule has 32 heavy (non-hydrogen) atoms. The first kappa shape index (κ1) is 26.3. The van der Waals surface area contributed by atoms with Crippen molar-refractivity contribution in [3.05, 3.63) is 36.0 Å². The summed E-state index contributed by atoms with van der Waals surface area (Å²) in [5.41, 5.74) is 7.63. The van der Waals surface area contributed by atoms with E-state index in [0.29, 0.717) is 13.0 Å². The van der Waals surface area contributed by atoms with Gasteiger partial charge in [0.05, 0.1) is 54.4 Å². The normalized spacial score (nSPS) is 13.4. The van der Waals surface area contributed by atoms with Gasteiger partial charge in [-0.2, -0.15) is 0 Å². The molecule has 1 aromatic heterocycles. The number of amides is 1. The summed E-state index contributed by atoms with van der Waals surface area (Å²) in [7, 11) is 9.13. The SMILES string of the molecule is C[N+](C)(CCCN)CCC[N+](C)(C)CCCCNC(=O)[C@@H](O)Cc1c[nH]c2ccccc12. The maximum atomic E-state index is 12.3. The molecule has 2 aromatic rings. The van der Waals surface area contributed by atoms with Crippen LogP contribution in [0.5, 0.6) is 0 Å². The van der Waals surface area contributed by atoms with Crippen molar-refractivity contribution in [2.45, 2.75) is 38.2 Å². The molecule has 5 N–H and O–H groups in total. The molecule has 1 amide bonds. The van der Waals surface area contributed by atoms with E-state index in [4.69, 9.17) is 5.73 Å². The lowest BCUT2D eigenvalue weighted by molar-refractivity contribution is -0.909. The molecule has 0 fully saturated rings. The van der Waals surface area contributed by atoms with Crippen molar-refractivity contribution < 1.29 is 18.9 Å². The second-order valence-electron chi connectivity index (χ2n) is 10.3. The first-order valence-electron chi connectivity index (χ1n) is 12.0. The van der Waals surface area contributed by atoms with Crippen molar-refractivity contribution in [2.75, 3.05) is 67.5 Å². The third kappa shape index (κ3) is 8.90. The van der Waals surface area contributed by atoms with E-state index in [2.05, 4.69) is 38.5 Å². The van der Waals surface area contributed by atoms with Crippen LogP contribution in [0.15, 0.2) is 30.5 Å². The predicted octanol–water partition coefficient (Wildman–Crippen LogP) is 1.86. The molecule has 0 saturated carbocycles. The van der Waals surface area contributed by atoms with Gasteiger partial charge in [-0.25, -0.2) is 0 Å². The van der Waals surface area contributed by atoms with Crippen LogP contribution in [-0.4, -0.2) is 98.5 Å². The number of benzene rings is 1. The minimum Gasteiger partial charge on any atom is -0.383 e. The summed E-state index contributed by atoms with van der Waals surface area (Å²) >= 11 is 0. The molecule has 180 valence electrons. The number of rotatable bonds is 15. The Labute approximate surface area is 193 Å². The molecule has 1 aromatic carbocycles. The number of carbonyl (C=O) groups excluding carboxylic acids is 1. The molecule has 7 heteroatoms. The Morgan fingerprint density at radius 3 is 2.31 bits per heavy atom. The van der Waals surface area contributed by atoms with Crippen molar-refractivity contribution in [3.8, 4) is 0 Å². The monoisotopic (exact) mass is 447 g/mol. The summed E-state index contributed by atoms with van der Waals surface area (Å²) in [6, 6.07) is 7.93. The number of hydrogen-bond acceptors (Lipinski definition) is 3. The average molecular weight is 448 g/mol. The Morgan fingerprint density at radius 2 is 1.62 bits per heavy atom. The topological polar surface area (TPSA) is 91.1 Å². The van der Waals surface area contributed by atoms with Gasteiger partial charge >= 0.3 is 0 Å². The number of unbranched alkanes of at least 4 members (excludes halogenated alkanes) is 1. The van der Waals surface area contributed by atoms with Crippen LogP contribution in [-0.2, 0) is 11.2 Å². The van der Waals surface area contributed by atoms with Crippen LogP contribution in [0.2, 0.25) is 0 Å². The third-order valence-electron chi connectivity index (χ3n) is 6.37. The van der Waals surface area contributed by atoms with Gasteiger partial charge in [0.1, 0.15) is 6.10 Å². The molecule has 1 heterocycles. The number of aliphatic hydroxyl groups excluding tert-OH is 1. The second kappa shape index (κ2) is 12.3.